The van der Waals surface area contributed by atoms with Crippen molar-refractivity contribution in [3.05, 3.63) is 61.2 Å². The number of aliphatic hydroxyl groups is 1. The predicted octanol–water partition coefficient (Wildman–Crippen LogP) is 2.38. The smallest absolute Gasteiger partial charge is 0.249 e. The minimum absolute atomic E-state index is 0.168. The molecule has 3 saturated heterocycles. The fourth-order valence-electron chi connectivity index (χ4n) is 6.76. The Labute approximate surface area is 219 Å². The van der Waals surface area contributed by atoms with Gasteiger partial charge in [0, 0.05) is 26.7 Å². The zero-order valence-electron chi connectivity index (χ0n) is 22.1. The summed E-state index contributed by atoms with van der Waals surface area (Å²) in [7, 11) is 1.70. The maximum Gasteiger partial charge on any atom is 0.249 e. The van der Waals surface area contributed by atoms with Gasteiger partial charge in [0.15, 0.2) is 0 Å². The molecule has 3 aliphatic heterocycles. The summed E-state index contributed by atoms with van der Waals surface area (Å²) in [5, 5.41) is 10.1. The fourth-order valence-corrected chi connectivity index (χ4v) is 6.76. The highest BCUT2D eigenvalue weighted by molar-refractivity contribution is 5.99. The first-order valence-electron chi connectivity index (χ1n) is 13.1. The van der Waals surface area contributed by atoms with Gasteiger partial charge in [-0.1, -0.05) is 49.4 Å². The molecule has 0 saturated carbocycles. The second kappa shape index (κ2) is 10.4. The van der Waals surface area contributed by atoms with E-state index >= 15 is 0 Å². The van der Waals surface area contributed by atoms with Crippen LogP contribution in [0.3, 0.4) is 0 Å². The van der Waals surface area contributed by atoms with Crippen LogP contribution in [-0.4, -0.2) is 87.6 Å². The maximum atomic E-state index is 14.4. The summed E-state index contributed by atoms with van der Waals surface area (Å²) < 4.78 is 6.80. The fraction of sp³-hybridized carbons (Fsp3) is 0.552. The Morgan fingerprint density at radius 3 is 2.46 bits per heavy atom. The average molecular weight is 510 g/mol. The number of rotatable bonds is 11. The second-order valence-electron chi connectivity index (χ2n) is 10.6. The number of amides is 3. The number of aliphatic hydroxyl groups excluding tert-OH is 1. The minimum Gasteiger partial charge on any atom is -0.394 e. The van der Waals surface area contributed by atoms with Gasteiger partial charge in [0.1, 0.15) is 11.6 Å². The van der Waals surface area contributed by atoms with Gasteiger partial charge < -0.3 is 24.5 Å². The number of fused-ring (bicyclic) bond motifs is 1. The number of hydrogen-bond donors (Lipinski definition) is 1. The van der Waals surface area contributed by atoms with Crippen LogP contribution in [0.15, 0.2) is 55.6 Å². The van der Waals surface area contributed by atoms with Gasteiger partial charge in [0.2, 0.25) is 17.7 Å². The van der Waals surface area contributed by atoms with Crippen molar-refractivity contribution in [1.82, 2.24) is 14.7 Å². The molecule has 3 aliphatic rings. The van der Waals surface area contributed by atoms with Crippen LogP contribution < -0.4 is 0 Å². The van der Waals surface area contributed by atoms with Crippen LogP contribution in [0.25, 0.3) is 0 Å². The van der Waals surface area contributed by atoms with Gasteiger partial charge in [-0.05, 0) is 31.7 Å². The molecule has 0 aliphatic carbocycles. The van der Waals surface area contributed by atoms with E-state index in [2.05, 4.69) is 13.2 Å². The molecular formula is C29H39N3O5. The highest BCUT2D eigenvalue weighted by Gasteiger charge is 2.79. The topological polar surface area (TPSA) is 90.4 Å². The van der Waals surface area contributed by atoms with Crippen molar-refractivity contribution in [2.75, 3.05) is 26.7 Å². The average Bonchev–Trinajstić information content (AvgIpc) is 3.51. The Morgan fingerprint density at radius 2 is 1.86 bits per heavy atom. The number of benzene rings is 1. The van der Waals surface area contributed by atoms with Gasteiger partial charge in [-0.3, -0.25) is 14.4 Å². The molecule has 1 aromatic carbocycles. The van der Waals surface area contributed by atoms with E-state index in [0.717, 1.165) is 5.56 Å². The van der Waals surface area contributed by atoms with Crippen molar-refractivity contribution >= 4 is 17.7 Å². The third-order valence-electron chi connectivity index (χ3n) is 8.51. The highest BCUT2D eigenvalue weighted by atomic mass is 16.5. The summed E-state index contributed by atoms with van der Waals surface area (Å²) in [4.78, 5) is 47.0. The molecule has 4 rings (SSSR count). The van der Waals surface area contributed by atoms with Crippen LogP contribution in [0, 0.1) is 11.8 Å². The zero-order chi connectivity index (χ0) is 27.0. The van der Waals surface area contributed by atoms with Gasteiger partial charge in [0.25, 0.3) is 0 Å². The quantitative estimate of drug-likeness (QED) is 0.463. The van der Waals surface area contributed by atoms with E-state index in [1.54, 1.807) is 35.9 Å². The van der Waals surface area contributed by atoms with Gasteiger partial charge in [-0.2, -0.15) is 0 Å². The molecule has 0 aromatic heterocycles. The number of nitrogens with zero attached hydrogens (tertiary/aromatic N) is 3. The largest absolute Gasteiger partial charge is 0.394 e. The van der Waals surface area contributed by atoms with Gasteiger partial charge in [-0.15, -0.1) is 13.2 Å². The highest BCUT2D eigenvalue weighted by Crippen LogP contribution is 2.64. The van der Waals surface area contributed by atoms with Crippen molar-refractivity contribution in [3.63, 3.8) is 0 Å². The molecule has 1 aromatic rings. The molecule has 2 bridgehead atoms. The van der Waals surface area contributed by atoms with E-state index in [-0.39, 0.29) is 24.3 Å². The molecule has 8 heteroatoms. The number of ether oxygens (including phenoxy) is 1. The van der Waals surface area contributed by atoms with E-state index in [0.29, 0.717) is 38.9 Å². The molecule has 0 radical (unpaired) electrons. The standard InChI is InChI=1S/C29H39N3O5/c1-6-16-30(5)25(34)22-23-26(35)32(20(4)19-33)24(29(23)15-14-28(22,8-3)37-29)27(36)31(17-7-2)18-21-12-10-9-11-13-21/h6-7,9-13,20,22-24,33H,1-2,8,14-19H2,3-5H3/t20-,22-,23+,24?,28+,29?/m1/s1. The summed E-state index contributed by atoms with van der Waals surface area (Å²) >= 11 is 0. The van der Waals surface area contributed by atoms with Gasteiger partial charge >= 0.3 is 0 Å². The number of hydrogen-bond acceptors (Lipinski definition) is 5. The van der Waals surface area contributed by atoms with Crippen molar-refractivity contribution in [2.24, 2.45) is 11.8 Å². The Bertz CT molecular complexity index is 1060. The normalized spacial score (nSPS) is 30.6. The monoisotopic (exact) mass is 509 g/mol. The number of carbonyl (C=O) groups excluding carboxylic acids is 3. The molecular weight excluding hydrogens is 470 g/mol. The first-order chi connectivity index (χ1) is 17.7. The molecule has 1 spiro atoms. The number of likely N-dealkylation sites (N-methyl/N-ethyl adjacent to an activating group) is 1. The maximum absolute atomic E-state index is 14.4. The molecule has 3 fully saturated rings. The summed E-state index contributed by atoms with van der Waals surface area (Å²) in [5.41, 5.74) is -0.972. The summed E-state index contributed by atoms with van der Waals surface area (Å²) in [6, 6.07) is 8.11. The van der Waals surface area contributed by atoms with Gasteiger partial charge in [-0.25, -0.2) is 0 Å². The Morgan fingerprint density at radius 1 is 1.19 bits per heavy atom. The second-order valence-corrected chi connectivity index (χ2v) is 10.6. The Kier molecular flexibility index (Phi) is 7.62. The van der Waals surface area contributed by atoms with E-state index in [1.807, 2.05) is 37.3 Å². The molecule has 6 atom stereocenters. The lowest BCUT2D eigenvalue weighted by Gasteiger charge is -2.38. The zero-order valence-corrected chi connectivity index (χ0v) is 22.1. The molecule has 3 amide bonds. The Hall–Kier alpha value is -2.97. The lowest BCUT2D eigenvalue weighted by Crippen LogP contribution is -2.58. The summed E-state index contributed by atoms with van der Waals surface area (Å²) in [5.74, 6) is -2.19. The van der Waals surface area contributed by atoms with E-state index in [4.69, 9.17) is 4.74 Å². The van der Waals surface area contributed by atoms with Crippen LogP contribution in [0.1, 0.15) is 38.7 Å². The summed E-state index contributed by atoms with van der Waals surface area (Å²) in [6.45, 7) is 12.0. The van der Waals surface area contributed by atoms with E-state index < -0.39 is 35.1 Å². The number of likely N-dealkylation sites (tertiary alicyclic amines) is 1. The van der Waals surface area contributed by atoms with Crippen molar-refractivity contribution in [2.45, 2.75) is 62.9 Å². The van der Waals surface area contributed by atoms with Crippen LogP contribution in [0.2, 0.25) is 0 Å². The van der Waals surface area contributed by atoms with Crippen LogP contribution >= 0.6 is 0 Å². The van der Waals surface area contributed by atoms with E-state index in [1.165, 1.54) is 4.90 Å². The first kappa shape index (κ1) is 27.1. The molecule has 8 nitrogen and oxygen atoms in total. The van der Waals surface area contributed by atoms with Crippen LogP contribution in [-0.2, 0) is 25.7 Å². The molecule has 200 valence electrons. The SMILES string of the molecule is C=CCN(C)C(=O)[C@H]1[C@H]2C(=O)N([C@H](C)CO)C(C(=O)N(CC=C)Cc3ccccc3)C23CC[C@]1(CC)O3. The van der Waals surface area contributed by atoms with Crippen LogP contribution in [0.5, 0.6) is 0 Å². The molecule has 2 unspecified atom stereocenters. The Balaban J connectivity index is 1.79. The molecule has 1 N–H and O–H groups in total. The van der Waals surface area contributed by atoms with E-state index in [9.17, 15) is 19.5 Å². The minimum atomic E-state index is -1.13. The number of carbonyl (C=O) groups is 3. The lowest BCUT2D eigenvalue weighted by atomic mass is 9.64. The van der Waals surface area contributed by atoms with Gasteiger partial charge in [0.05, 0.1) is 30.1 Å². The van der Waals surface area contributed by atoms with Crippen molar-refractivity contribution < 1.29 is 24.2 Å². The predicted molar refractivity (Wildman–Crippen MR) is 140 cm³/mol. The van der Waals surface area contributed by atoms with Crippen molar-refractivity contribution in [3.8, 4) is 0 Å². The van der Waals surface area contributed by atoms with Crippen molar-refractivity contribution in [1.29, 1.82) is 0 Å². The lowest BCUT2D eigenvalue weighted by molar-refractivity contribution is -0.157. The third-order valence-corrected chi connectivity index (χ3v) is 8.51. The summed E-state index contributed by atoms with van der Waals surface area (Å²) in [6.07, 6.45) is 4.98. The van der Waals surface area contributed by atoms with Crippen LogP contribution in [0.4, 0.5) is 0 Å². The molecule has 3 heterocycles. The first-order valence-corrected chi connectivity index (χ1v) is 13.1. The molecule has 37 heavy (non-hydrogen) atoms. The third kappa shape index (κ3) is 4.20.